The van der Waals surface area contributed by atoms with Crippen LogP contribution in [0.5, 0.6) is 0 Å². The highest BCUT2D eigenvalue weighted by Gasteiger charge is 2.31. The molecule has 118 valence electrons. The van der Waals surface area contributed by atoms with E-state index in [-0.39, 0.29) is 4.88 Å². The number of nitrogens with one attached hydrogen (secondary N) is 2. The molecule has 0 aliphatic rings. The summed E-state index contributed by atoms with van der Waals surface area (Å²) in [6, 6.07) is 6.27. The number of halogens is 3. The van der Waals surface area contributed by atoms with Gasteiger partial charge in [0, 0.05) is 0 Å². The molecule has 0 saturated heterocycles. The minimum atomic E-state index is -4.66. The van der Waals surface area contributed by atoms with Crippen molar-refractivity contribution in [2.24, 2.45) is 0 Å². The van der Waals surface area contributed by atoms with E-state index in [1.165, 1.54) is 6.07 Å². The fourth-order valence-corrected chi connectivity index (χ4v) is 2.99. The molecule has 2 rings (SSSR count). The van der Waals surface area contributed by atoms with E-state index in [9.17, 15) is 26.4 Å². The van der Waals surface area contributed by atoms with Gasteiger partial charge in [-0.3, -0.25) is 10.2 Å². The van der Waals surface area contributed by atoms with Crippen LogP contribution in [0.4, 0.5) is 13.2 Å². The first-order chi connectivity index (χ1) is 10.2. The second kappa shape index (κ2) is 6.07. The van der Waals surface area contributed by atoms with Crippen LogP contribution in [0.15, 0.2) is 46.7 Å². The van der Waals surface area contributed by atoms with Crippen molar-refractivity contribution < 1.29 is 26.4 Å². The van der Waals surface area contributed by atoms with Crippen molar-refractivity contribution >= 4 is 27.3 Å². The molecule has 0 aliphatic heterocycles. The lowest BCUT2D eigenvalue weighted by atomic mass is 10.2. The number of hydrogen-bond acceptors (Lipinski definition) is 4. The van der Waals surface area contributed by atoms with Gasteiger partial charge in [-0.2, -0.15) is 13.2 Å². The van der Waals surface area contributed by atoms with Crippen LogP contribution in [0, 0.1) is 0 Å². The summed E-state index contributed by atoms with van der Waals surface area (Å²) in [6.45, 7) is 0. The molecular formula is C12H9F3N2O3S2. The van der Waals surface area contributed by atoms with Crippen molar-refractivity contribution in [1.82, 2.24) is 10.3 Å². The Morgan fingerprint density at radius 2 is 1.86 bits per heavy atom. The first-order valence-corrected chi connectivity index (χ1v) is 8.09. The molecule has 5 nitrogen and oxygen atoms in total. The third-order valence-corrected chi connectivity index (χ3v) is 4.63. The number of benzene rings is 1. The quantitative estimate of drug-likeness (QED) is 0.832. The van der Waals surface area contributed by atoms with Crippen molar-refractivity contribution in [3.05, 3.63) is 52.2 Å². The largest absolute Gasteiger partial charge is 0.416 e. The SMILES string of the molecule is O=C(NNS(=O)(=O)c1cccc(C(F)(F)F)c1)c1cccs1. The summed E-state index contributed by atoms with van der Waals surface area (Å²) in [5, 5.41) is 1.62. The van der Waals surface area contributed by atoms with Gasteiger partial charge in [-0.05, 0) is 29.6 Å². The van der Waals surface area contributed by atoms with Crippen molar-refractivity contribution in [2.75, 3.05) is 0 Å². The topological polar surface area (TPSA) is 75.3 Å². The number of thiophene rings is 1. The standard InChI is InChI=1S/C12H9F3N2O3S2/c13-12(14,15)8-3-1-4-9(7-8)22(19,20)17-16-11(18)10-5-2-6-21-10/h1-7,17H,(H,16,18). The predicted molar refractivity (Wildman–Crippen MR) is 73.6 cm³/mol. The van der Waals surface area contributed by atoms with Crippen molar-refractivity contribution in [3.63, 3.8) is 0 Å². The summed E-state index contributed by atoms with van der Waals surface area (Å²) in [5.74, 6) is -0.703. The van der Waals surface area contributed by atoms with Crippen molar-refractivity contribution in [3.8, 4) is 0 Å². The summed E-state index contributed by atoms with van der Waals surface area (Å²) >= 11 is 1.09. The molecule has 0 aliphatic carbocycles. The molecule has 0 fully saturated rings. The number of hydrazine groups is 1. The molecule has 2 N–H and O–H groups in total. The van der Waals surface area contributed by atoms with Gasteiger partial charge in [-0.1, -0.05) is 12.1 Å². The van der Waals surface area contributed by atoms with E-state index >= 15 is 0 Å². The number of hydrogen-bond donors (Lipinski definition) is 2. The van der Waals surface area contributed by atoms with E-state index in [0.717, 1.165) is 29.5 Å². The average molecular weight is 350 g/mol. The molecule has 0 saturated carbocycles. The second-order valence-electron chi connectivity index (χ2n) is 4.06. The van der Waals surface area contributed by atoms with Crippen LogP contribution in [-0.4, -0.2) is 14.3 Å². The zero-order valence-corrected chi connectivity index (χ0v) is 12.3. The van der Waals surface area contributed by atoms with Crippen LogP contribution in [-0.2, 0) is 16.2 Å². The number of carbonyl (C=O) groups excluding carboxylic acids is 1. The maximum Gasteiger partial charge on any atom is 0.416 e. The fraction of sp³-hybridized carbons (Fsp3) is 0.0833. The molecule has 0 radical (unpaired) electrons. The van der Waals surface area contributed by atoms with Gasteiger partial charge in [0.1, 0.15) is 0 Å². The Hall–Kier alpha value is -1.91. The first-order valence-electron chi connectivity index (χ1n) is 5.73. The number of sulfonamides is 1. The molecule has 2 aromatic rings. The van der Waals surface area contributed by atoms with Gasteiger partial charge in [0.2, 0.25) is 0 Å². The van der Waals surface area contributed by atoms with Gasteiger partial charge in [0.15, 0.2) is 0 Å². The molecule has 22 heavy (non-hydrogen) atoms. The Labute approximate surface area is 127 Å². The van der Waals surface area contributed by atoms with Crippen LogP contribution >= 0.6 is 11.3 Å². The molecule has 0 bridgehead atoms. The van der Waals surface area contributed by atoms with Gasteiger partial charge < -0.3 is 0 Å². The van der Waals surface area contributed by atoms with Crippen LogP contribution in [0.25, 0.3) is 0 Å². The minimum Gasteiger partial charge on any atom is -0.273 e. The lowest BCUT2D eigenvalue weighted by Gasteiger charge is -2.10. The predicted octanol–water partition coefficient (Wildman–Crippen LogP) is 2.39. The van der Waals surface area contributed by atoms with E-state index in [1.807, 2.05) is 5.43 Å². The van der Waals surface area contributed by atoms with Crippen molar-refractivity contribution in [1.29, 1.82) is 0 Å². The Kier molecular flexibility index (Phi) is 4.54. The fourth-order valence-electron chi connectivity index (χ4n) is 1.48. The zero-order valence-electron chi connectivity index (χ0n) is 10.7. The number of amides is 1. The zero-order chi connectivity index (χ0) is 16.4. The highest BCUT2D eigenvalue weighted by molar-refractivity contribution is 7.89. The van der Waals surface area contributed by atoms with Crippen LogP contribution < -0.4 is 10.3 Å². The third kappa shape index (κ3) is 3.84. The molecule has 0 atom stereocenters. The normalized spacial score (nSPS) is 12.1. The molecule has 10 heteroatoms. The van der Waals surface area contributed by atoms with Gasteiger partial charge in [0.25, 0.3) is 15.9 Å². The molecule has 0 spiro atoms. The Bertz CT molecular complexity index is 771. The van der Waals surface area contributed by atoms with Gasteiger partial charge >= 0.3 is 6.18 Å². The number of alkyl halides is 3. The lowest BCUT2D eigenvalue weighted by Crippen LogP contribution is -2.41. The van der Waals surface area contributed by atoms with E-state index < -0.39 is 32.6 Å². The molecule has 1 aromatic heterocycles. The molecule has 1 heterocycles. The first kappa shape index (κ1) is 16.5. The molecular weight excluding hydrogens is 341 g/mol. The lowest BCUT2D eigenvalue weighted by molar-refractivity contribution is -0.137. The number of rotatable bonds is 4. The summed E-state index contributed by atoms with van der Waals surface area (Å²) in [4.78, 5) is 13.0. The maximum absolute atomic E-state index is 12.6. The van der Waals surface area contributed by atoms with Crippen LogP contribution in [0.2, 0.25) is 0 Å². The molecule has 1 aromatic carbocycles. The minimum absolute atomic E-state index is 0.256. The summed E-state index contributed by atoms with van der Waals surface area (Å²) in [7, 11) is -4.31. The summed E-state index contributed by atoms with van der Waals surface area (Å²) in [5.41, 5.74) is 0.837. The van der Waals surface area contributed by atoms with Gasteiger partial charge in [0.05, 0.1) is 15.3 Å². The highest BCUT2D eigenvalue weighted by Crippen LogP contribution is 2.30. The van der Waals surface area contributed by atoms with Crippen LogP contribution in [0.1, 0.15) is 15.2 Å². The van der Waals surface area contributed by atoms with E-state index in [2.05, 4.69) is 0 Å². The van der Waals surface area contributed by atoms with E-state index in [4.69, 9.17) is 0 Å². The Morgan fingerprint density at radius 3 is 2.45 bits per heavy atom. The van der Waals surface area contributed by atoms with Gasteiger partial charge in [-0.15, -0.1) is 16.2 Å². The van der Waals surface area contributed by atoms with E-state index in [0.29, 0.717) is 6.07 Å². The third-order valence-electron chi connectivity index (χ3n) is 2.52. The van der Waals surface area contributed by atoms with Crippen molar-refractivity contribution in [2.45, 2.75) is 11.1 Å². The monoisotopic (exact) mass is 350 g/mol. The highest BCUT2D eigenvalue weighted by atomic mass is 32.2. The van der Waals surface area contributed by atoms with Crippen LogP contribution in [0.3, 0.4) is 0 Å². The average Bonchev–Trinajstić information content (AvgIpc) is 2.98. The Morgan fingerprint density at radius 1 is 1.14 bits per heavy atom. The smallest absolute Gasteiger partial charge is 0.273 e. The van der Waals surface area contributed by atoms with E-state index in [1.54, 1.807) is 16.3 Å². The summed E-state index contributed by atoms with van der Waals surface area (Å²) < 4.78 is 61.5. The Balaban J connectivity index is 2.15. The molecule has 0 unspecified atom stereocenters. The number of carbonyl (C=O) groups is 1. The van der Waals surface area contributed by atoms with Gasteiger partial charge in [-0.25, -0.2) is 8.42 Å². The maximum atomic E-state index is 12.6. The summed E-state index contributed by atoms with van der Waals surface area (Å²) in [6.07, 6.45) is -4.66. The molecule has 1 amide bonds. The second-order valence-corrected chi connectivity index (χ2v) is 6.69.